The summed E-state index contributed by atoms with van der Waals surface area (Å²) in [6, 6.07) is 19.2. The molecule has 0 spiro atoms. The minimum atomic E-state index is 0.253. The summed E-state index contributed by atoms with van der Waals surface area (Å²) < 4.78 is 0. The summed E-state index contributed by atoms with van der Waals surface area (Å²) in [6.07, 6.45) is 1.80. The molecule has 0 amide bonds. The molecule has 0 saturated carbocycles. The molecule has 0 aliphatic rings. The fourth-order valence-electron chi connectivity index (χ4n) is 2.04. The Kier molecular flexibility index (Phi) is 5.60. The van der Waals surface area contributed by atoms with Crippen molar-refractivity contribution in [2.45, 2.75) is 19.4 Å². The summed E-state index contributed by atoms with van der Waals surface area (Å²) in [5.74, 6) is 0. The molecule has 2 nitrogen and oxygen atoms in total. The van der Waals surface area contributed by atoms with Gasteiger partial charge in [-0.05, 0) is 36.1 Å². The molecule has 2 N–H and O–H groups in total. The van der Waals surface area contributed by atoms with Crippen molar-refractivity contribution in [1.82, 2.24) is 5.32 Å². The third-order valence-corrected chi connectivity index (χ3v) is 3.11. The zero-order chi connectivity index (χ0) is 13.3. The highest BCUT2D eigenvalue weighted by molar-refractivity contribution is 5.28. The van der Waals surface area contributed by atoms with Crippen molar-refractivity contribution in [3.8, 4) is 0 Å². The van der Waals surface area contributed by atoms with E-state index in [9.17, 15) is 0 Å². The Hall–Kier alpha value is -1.64. The van der Waals surface area contributed by atoms with Crippen LogP contribution >= 0.6 is 0 Å². The largest absolute Gasteiger partial charge is 0.396 e. The lowest BCUT2D eigenvalue weighted by atomic mass is 10.0. The van der Waals surface area contributed by atoms with Crippen LogP contribution in [-0.2, 0) is 13.0 Å². The predicted octanol–water partition coefficient (Wildman–Crippen LogP) is 2.75. The highest BCUT2D eigenvalue weighted by Crippen LogP contribution is 2.10. The lowest BCUT2D eigenvalue weighted by molar-refractivity contribution is 0.286. The van der Waals surface area contributed by atoms with E-state index in [0.717, 1.165) is 25.9 Å². The number of aliphatic hydroxyl groups is 1. The maximum atomic E-state index is 8.70. The van der Waals surface area contributed by atoms with Crippen molar-refractivity contribution < 1.29 is 5.11 Å². The normalized spacial score (nSPS) is 10.6. The Morgan fingerprint density at radius 2 is 1.42 bits per heavy atom. The molecule has 2 aromatic rings. The maximum absolute atomic E-state index is 8.70. The summed E-state index contributed by atoms with van der Waals surface area (Å²) in [7, 11) is 0. The predicted molar refractivity (Wildman–Crippen MR) is 79.1 cm³/mol. The van der Waals surface area contributed by atoms with Gasteiger partial charge in [-0.2, -0.15) is 0 Å². The molecule has 19 heavy (non-hydrogen) atoms. The van der Waals surface area contributed by atoms with Gasteiger partial charge in [0.05, 0.1) is 0 Å². The molecule has 2 aromatic carbocycles. The Morgan fingerprint density at radius 1 is 0.789 bits per heavy atom. The van der Waals surface area contributed by atoms with Gasteiger partial charge in [0.25, 0.3) is 0 Å². The Labute approximate surface area is 115 Å². The first-order valence-corrected chi connectivity index (χ1v) is 6.82. The summed E-state index contributed by atoms with van der Waals surface area (Å²) >= 11 is 0. The molecule has 0 aromatic heterocycles. The van der Waals surface area contributed by atoms with Gasteiger partial charge in [0.15, 0.2) is 0 Å². The van der Waals surface area contributed by atoms with Crippen molar-refractivity contribution >= 4 is 0 Å². The topological polar surface area (TPSA) is 32.3 Å². The van der Waals surface area contributed by atoms with E-state index in [4.69, 9.17) is 5.11 Å². The molecule has 0 aliphatic carbocycles. The SMILES string of the molecule is OCCCNCc1ccc(Cc2ccccc2)cc1. The standard InChI is InChI=1S/C17H21NO/c19-12-4-11-18-14-17-9-7-16(8-10-17)13-15-5-2-1-3-6-15/h1-3,5-10,18-19H,4,11-14H2. The second kappa shape index (κ2) is 7.72. The fourth-order valence-corrected chi connectivity index (χ4v) is 2.04. The van der Waals surface area contributed by atoms with E-state index < -0.39 is 0 Å². The first kappa shape index (κ1) is 13.8. The van der Waals surface area contributed by atoms with E-state index in [2.05, 4.69) is 53.8 Å². The molecule has 100 valence electrons. The van der Waals surface area contributed by atoms with Crippen LogP contribution in [-0.4, -0.2) is 18.3 Å². The number of aliphatic hydroxyl groups excluding tert-OH is 1. The van der Waals surface area contributed by atoms with E-state index in [0.29, 0.717) is 0 Å². The lowest BCUT2D eigenvalue weighted by Gasteiger charge is -2.06. The third kappa shape index (κ3) is 4.86. The van der Waals surface area contributed by atoms with Gasteiger partial charge in [-0.3, -0.25) is 0 Å². The molecule has 0 fully saturated rings. The molecule has 0 aliphatic heterocycles. The van der Waals surface area contributed by atoms with Crippen LogP contribution in [0.1, 0.15) is 23.1 Å². The van der Waals surface area contributed by atoms with Crippen molar-refractivity contribution in [3.05, 3.63) is 71.3 Å². The summed E-state index contributed by atoms with van der Waals surface area (Å²) in [5, 5.41) is 12.0. The van der Waals surface area contributed by atoms with Gasteiger partial charge in [-0.25, -0.2) is 0 Å². The lowest BCUT2D eigenvalue weighted by Crippen LogP contribution is -2.15. The molecule has 2 heteroatoms. The Balaban J connectivity index is 1.84. The molecule has 0 bridgehead atoms. The van der Waals surface area contributed by atoms with E-state index in [-0.39, 0.29) is 6.61 Å². The molecule has 0 heterocycles. The van der Waals surface area contributed by atoms with Crippen molar-refractivity contribution in [2.75, 3.05) is 13.2 Å². The molecule has 0 radical (unpaired) electrons. The third-order valence-electron chi connectivity index (χ3n) is 3.11. The highest BCUT2D eigenvalue weighted by Gasteiger charge is 1.97. The van der Waals surface area contributed by atoms with Gasteiger partial charge in [0, 0.05) is 13.2 Å². The minimum Gasteiger partial charge on any atom is -0.396 e. The molecular formula is C17H21NO. The van der Waals surface area contributed by atoms with Gasteiger partial charge in [-0.15, -0.1) is 0 Å². The summed E-state index contributed by atoms with van der Waals surface area (Å²) in [5.41, 5.74) is 3.97. The molecule has 0 atom stereocenters. The van der Waals surface area contributed by atoms with E-state index >= 15 is 0 Å². The van der Waals surface area contributed by atoms with Crippen molar-refractivity contribution in [1.29, 1.82) is 0 Å². The van der Waals surface area contributed by atoms with Crippen LogP contribution in [0, 0.1) is 0 Å². The van der Waals surface area contributed by atoms with Crippen LogP contribution in [0.2, 0.25) is 0 Å². The van der Waals surface area contributed by atoms with Crippen LogP contribution in [0.15, 0.2) is 54.6 Å². The summed E-state index contributed by atoms with van der Waals surface area (Å²) in [6.45, 7) is 1.98. The average molecular weight is 255 g/mol. The monoisotopic (exact) mass is 255 g/mol. The fraction of sp³-hybridized carbons (Fsp3) is 0.294. The number of hydrogen-bond acceptors (Lipinski definition) is 2. The van der Waals surface area contributed by atoms with Crippen LogP contribution < -0.4 is 5.32 Å². The van der Waals surface area contributed by atoms with Gasteiger partial charge in [-0.1, -0.05) is 54.6 Å². The average Bonchev–Trinajstić information content (AvgIpc) is 2.46. The first-order valence-electron chi connectivity index (χ1n) is 6.82. The highest BCUT2D eigenvalue weighted by atomic mass is 16.3. The van der Waals surface area contributed by atoms with Gasteiger partial charge in [0.1, 0.15) is 0 Å². The van der Waals surface area contributed by atoms with E-state index in [1.807, 2.05) is 6.07 Å². The van der Waals surface area contributed by atoms with E-state index in [1.54, 1.807) is 0 Å². The Morgan fingerprint density at radius 3 is 2.11 bits per heavy atom. The zero-order valence-corrected chi connectivity index (χ0v) is 11.2. The molecule has 2 rings (SSSR count). The quantitative estimate of drug-likeness (QED) is 0.746. The number of rotatable bonds is 7. The van der Waals surface area contributed by atoms with Crippen molar-refractivity contribution in [3.63, 3.8) is 0 Å². The minimum absolute atomic E-state index is 0.253. The van der Waals surface area contributed by atoms with Gasteiger partial charge in [0.2, 0.25) is 0 Å². The Bertz CT molecular complexity index is 464. The molecule has 0 saturated heterocycles. The smallest absolute Gasteiger partial charge is 0.0443 e. The number of hydrogen-bond donors (Lipinski definition) is 2. The number of benzene rings is 2. The van der Waals surface area contributed by atoms with Gasteiger partial charge < -0.3 is 10.4 Å². The second-order valence-electron chi connectivity index (χ2n) is 4.73. The van der Waals surface area contributed by atoms with Crippen molar-refractivity contribution in [2.24, 2.45) is 0 Å². The first-order chi connectivity index (χ1) is 9.38. The van der Waals surface area contributed by atoms with Crippen LogP contribution in [0.3, 0.4) is 0 Å². The van der Waals surface area contributed by atoms with E-state index in [1.165, 1.54) is 16.7 Å². The number of nitrogens with one attached hydrogen (secondary N) is 1. The zero-order valence-electron chi connectivity index (χ0n) is 11.2. The van der Waals surface area contributed by atoms with Crippen LogP contribution in [0.25, 0.3) is 0 Å². The summed E-state index contributed by atoms with van der Waals surface area (Å²) in [4.78, 5) is 0. The van der Waals surface area contributed by atoms with Gasteiger partial charge >= 0.3 is 0 Å². The van der Waals surface area contributed by atoms with Crippen LogP contribution in [0.5, 0.6) is 0 Å². The maximum Gasteiger partial charge on any atom is 0.0443 e. The molecule has 0 unspecified atom stereocenters. The molecular weight excluding hydrogens is 234 g/mol. The van der Waals surface area contributed by atoms with Crippen LogP contribution in [0.4, 0.5) is 0 Å². The second-order valence-corrected chi connectivity index (χ2v) is 4.73.